The number of amides is 1. The Morgan fingerprint density at radius 2 is 1.39 bits per heavy atom. The van der Waals surface area contributed by atoms with E-state index in [0.29, 0.717) is 12.1 Å². The standard InChI is InChI=1S/C32H30F7N3O7/c1-16-9-20(33)7-8-21(16)22-13-24(23(15-42(46)47)26(27(43)48-5)28(44)49-6)40-14-25(22)41(4)29(45)30(2,3)17-10-18(31(34,35)36)12-19(11-17)32(37,38)39/h7-14,23,26H,15H2,1-6H3. The average Bonchev–Trinajstić information content (AvgIpc) is 3.01. The molecule has 0 N–H and O–H groups in total. The quantitative estimate of drug-likeness (QED) is 0.0771. The zero-order chi connectivity index (χ0) is 37.2. The summed E-state index contributed by atoms with van der Waals surface area (Å²) in [4.78, 5) is 55.2. The number of halogens is 7. The summed E-state index contributed by atoms with van der Waals surface area (Å²) in [6, 6.07) is 5.48. The molecule has 3 aromatic rings. The van der Waals surface area contributed by atoms with Crippen LogP contribution >= 0.6 is 0 Å². The van der Waals surface area contributed by atoms with Crippen LogP contribution in [-0.4, -0.2) is 55.6 Å². The lowest BCUT2D eigenvalue weighted by molar-refractivity contribution is -0.484. The fourth-order valence-corrected chi connectivity index (χ4v) is 5.26. The molecule has 1 atom stereocenters. The summed E-state index contributed by atoms with van der Waals surface area (Å²) in [7, 11) is 3.05. The van der Waals surface area contributed by atoms with Crippen LogP contribution in [0.5, 0.6) is 0 Å². The lowest BCUT2D eigenvalue weighted by Crippen LogP contribution is -2.42. The third-order valence-electron chi connectivity index (χ3n) is 7.93. The highest BCUT2D eigenvalue weighted by Crippen LogP contribution is 2.41. The zero-order valence-electron chi connectivity index (χ0n) is 26.8. The van der Waals surface area contributed by atoms with Crippen molar-refractivity contribution >= 4 is 23.5 Å². The number of benzene rings is 2. The number of ether oxygens (including phenoxy) is 2. The molecule has 0 radical (unpaired) electrons. The van der Waals surface area contributed by atoms with Crippen molar-refractivity contribution in [2.24, 2.45) is 5.92 Å². The minimum absolute atomic E-state index is 0.0380. The van der Waals surface area contributed by atoms with Gasteiger partial charge in [-0.25, -0.2) is 4.39 Å². The van der Waals surface area contributed by atoms with E-state index in [4.69, 9.17) is 0 Å². The second-order valence-electron chi connectivity index (χ2n) is 11.5. The molecule has 17 heteroatoms. The molecular formula is C32H30F7N3O7. The Balaban J connectivity index is 2.29. The van der Waals surface area contributed by atoms with Crippen LogP contribution in [-0.2, 0) is 41.6 Å². The fraction of sp³-hybridized carbons (Fsp3) is 0.375. The monoisotopic (exact) mass is 701 g/mol. The predicted molar refractivity (Wildman–Crippen MR) is 159 cm³/mol. The molecule has 0 spiro atoms. The first kappa shape index (κ1) is 38.4. The average molecular weight is 702 g/mol. The molecule has 0 aliphatic heterocycles. The first-order valence-corrected chi connectivity index (χ1v) is 14.2. The van der Waals surface area contributed by atoms with Crippen molar-refractivity contribution in [1.82, 2.24) is 4.98 Å². The normalized spacial score (nSPS) is 12.8. The van der Waals surface area contributed by atoms with Crippen molar-refractivity contribution in [2.75, 3.05) is 32.7 Å². The maximum Gasteiger partial charge on any atom is 0.416 e. The molecule has 0 saturated heterocycles. The Kier molecular flexibility index (Phi) is 11.1. The molecule has 264 valence electrons. The number of alkyl halides is 6. The summed E-state index contributed by atoms with van der Waals surface area (Å²) < 4.78 is 105. The molecule has 10 nitrogen and oxygen atoms in total. The van der Waals surface area contributed by atoms with Gasteiger partial charge in [0.25, 0.3) is 0 Å². The summed E-state index contributed by atoms with van der Waals surface area (Å²) >= 11 is 0. The summed E-state index contributed by atoms with van der Waals surface area (Å²) in [5, 5.41) is 11.7. The van der Waals surface area contributed by atoms with E-state index in [2.05, 4.69) is 14.5 Å². The Labute approximate surface area is 275 Å². The van der Waals surface area contributed by atoms with Crippen molar-refractivity contribution in [3.05, 3.63) is 92.5 Å². The van der Waals surface area contributed by atoms with E-state index in [1.54, 1.807) is 0 Å². The van der Waals surface area contributed by atoms with E-state index in [9.17, 15) is 55.2 Å². The number of nitro groups is 1. The minimum Gasteiger partial charge on any atom is -0.468 e. The molecule has 1 unspecified atom stereocenters. The number of nitrogens with zero attached hydrogens (tertiary/aromatic N) is 3. The highest BCUT2D eigenvalue weighted by atomic mass is 19.4. The van der Waals surface area contributed by atoms with E-state index in [-0.39, 0.29) is 34.1 Å². The number of hydrogen-bond acceptors (Lipinski definition) is 8. The highest BCUT2D eigenvalue weighted by Gasteiger charge is 2.44. The largest absolute Gasteiger partial charge is 0.468 e. The van der Waals surface area contributed by atoms with Gasteiger partial charge in [-0.15, -0.1) is 0 Å². The number of aromatic nitrogens is 1. The topological polar surface area (TPSA) is 129 Å². The summed E-state index contributed by atoms with van der Waals surface area (Å²) in [6.45, 7) is 2.70. The Morgan fingerprint density at radius 1 is 0.878 bits per heavy atom. The second kappa shape index (κ2) is 14.2. The third kappa shape index (κ3) is 8.32. The van der Waals surface area contributed by atoms with Gasteiger partial charge in [0.05, 0.1) is 54.3 Å². The van der Waals surface area contributed by atoms with Crippen molar-refractivity contribution in [3.8, 4) is 11.1 Å². The van der Waals surface area contributed by atoms with Gasteiger partial charge < -0.3 is 14.4 Å². The van der Waals surface area contributed by atoms with Gasteiger partial charge in [-0.05, 0) is 73.9 Å². The van der Waals surface area contributed by atoms with Crippen LogP contribution in [0.3, 0.4) is 0 Å². The Hall–Kier alpha value is -5.09. The van der Waals surface area contributed by atoms with Gasteiger partial charge >= 0.3 is 24.3 Å². The van der Waals surface area contributed by atoms with Crippen molar-refractivity contribution in [2.45, 2.75) is 44.5 Å². The van der Waals surface area contributed by atoms with Crippen LogP contribution in [0.4, 0.5) is 36.4 Å². The maximum absolute atomic E-state index is 14.1. The lowest BCUT2D eigenvalue weighted by atomic mass is 9.81. The van der Waals surface area contributed by atoms with Crippen LogP contribution in [0.2, 0.25) is 0 Å². The van der Waals surface area contributed by atoms with Crippen LogP contribution in [0.15, 0.2) is 48.7 Å². The second-order valence-corrected chi connectivity index (χ2v) is 11.5. The lowest BCUT2D eigenvalue weighted by Gasteiger charge is -2.32. The first-order chi connectivity index (χ1) is 22.5. The van der Waals surface area contributed by atoms with E-state index >= 15 is 0 Å². The number of aryl methyl sites for hydroxylation is 1. The molecule has 0 fully saturated rings. The molecule has 0 saturated carbocycles. The van der Waals surface area contributed by atoms with Crippen molar-refractivity contribution in [1.29, 1.82) is 0 Å². The minimum atomic E-state index is -5.18. The van der Waals surface area contributed by atoms with Crippen LogP contribution in [0, 0.1) is 28.8 Å². The number of carbonyl (C=O) groups excluding carboxylic acids is 3. The van der Waals surface area contributed by atoms with Crippen LogP contribution in [0.1, 0.15) is 47.7 Å². The molecule has 1 amide bonds. The molecule has 0 aliphatic rings. The summed E-state index contributed by atoms with van der Waals surface area (Å²) in [5.74, 6) is -7.49. The van der Waals surface area contributed by atoms with Crippen molar-refractivity contribution in [3.63, 3.8) is 0 Å². The molecule has 1 heterocycles. The van der Waals surface area contributed by atoms with Gasteiger partial charge in [0.15, 0.2) is 5.92 Å². The van der Waals surface area contributed by atoms with E-state index in [1.807, 2.05) is 0 Å². The molecule has 0 bridgehead atoms. The maximum atomic E-state index is 14.1. The fourth-order valence-electron chi connectivity index (χ4n) is 5.26. The number of likely N-dealkylation sites (N-methyl/N-ethyl adjacent to an activating group) is 1. The summed E-state index contributed by atoms with van der Waals surface area (Å²) in [5.41, 5.74) is -5.69. The smallest absolute Gasteiger partial charge is 0.416 e. The Morgan fingerprint density at radius 3 is 1.84 bits per heavy atom. The number of hydrogen-bond donors (Lipinski definition) is 0. The molecule has 0 aliphatic carbocycles. The first-order valence-electron chi connectivity index (χ1n) is 14.2. The zero-order valence-corrected chi connectivity index (χ0v) is 26.8. The number of carbonyl (C=O) groups is 3. The van der Waals surface area contributed by atoms with Gasteiger partial charge in [0.1, 0.15) is 5.82 Å². The number of esters is 2. The number of anilines is 1. The van der Waals surface area contributed by atoms with E-state index in [0.717, 1.165) is 51.3 Å². The number of pyridine rings is 1. The van der Waals surface area contributed by atoms with Crippen molar-refractivity contribution < 1.29 is 59.5 Å². The summed E-state index contributed by atoms with van der Waals surface area (Å²) in [6.07, 6.45) is -9.34. The van der Waals surface area contributed by atoms with Gasteiger partial charge in [-0.1, -0.05) is 6.07 Å². The van der Waals surface area contributed by atoms with Gasteiger partial charge in [0.2, 0.25) is 12.5 Å². The molecule has 3 rings (SSSR count). The Bertz CT molecular complexity index is 1730. The van der Waals surface area contributed by atoms with Gasteiger partial charge in [-0.2, -0.15) is 26.3 Å². The molecule has 49 heavy (non-hydrogen) atoms. The number of methoxy groups -OCH3 is 2. The van der Waals surface area contributed by atoms with E-state index < -0.39 is 81.4 Å². The van der Waals surface area contributed by atoms with Gasteiger partial charge in [-0.3, -0.25) is 29.5 Å². The SMILES string of the molecule is COC(=O)C(C(=O)OC)C(C[N+](=O)[O-])c1cc(-c2ccc(F)cc2C)c(N(C)C(=O)C(C)(C)c2cc(C(F)(F)F)cc(C(F)(F)F)c2)cn1. The molecule has 2 aromatic carbocycles. The number of rotatable bonds is 10. The third-order valence-corrected chi connectivity index (χ3v) is 7.93. The van der Waals surface area contributed by atoms with Gasteiger partial charge in [0, 0.05) is 17.5 Å². The highest BCUT2D eigenvalue weighted by molar-refractivity contribution is 6.03. The van der Waals surface area contributed by atoms with Crippen LogP contribution in [0.25, 0.3) is 11.1 Å². The van der Waals surface area contributed by atoms with E-state index in [1.165, 1.54) is 26.1 Å². The molecule has 1 aromatic heterocycles. The molecular weight excluding hydrogens is 671 g/mol. The van der Waals surface area contributed by atoms with Crippen LogP contribution < -0.4 is 4.90 Å². The predicted octanol–water partition coefficient (Wildman–Crippen LogP) is 6.50.